The van der Waals surface area contributed by atoms with E-state index in [0.717, 1.165) is 50.4 Å². The Morgan fingerprint density at radius 3 is 2.44 bits per heavy atom. The second kappa shape index (κ2) is 5.96. The lowest BCUT2D eigenvalue weighted by Crippen LogP contribution is -2.54. The molecule has 0 bridgehead atoms. The van der Waals surface area contributed by atoms with E-state index in [1.54, 1.807) is 0 Å². The predicted octanol–water partition coefficient (Wildman–Crippen LogP) is 4.42. The van der Waals surface area contributed by atoms with Crippen LogP contribution < -0.4 is 0 Å². The largest absolute Gasteiger partial charge is 0.390 e. The fourth-order valence-corrected chi connectivity index (χ4v) is 7.85. The summed E-state index contributed by atoms with van der Waals surface area (Å²) >= 11 is 0. The van der Waals surface area contributed by atoms with Gasteiger partial charge >= 0.3 is 0 Å². The van der Waals surface area contributed by atoms with Gasteiger partial charge in [-0.3, -0.25) is 0 Å². The minimum absolute atomic E-state index is 0.201. The molecule has 4 saturated carbocycles. The van der Waals surface area contributed by atoms with E-state index in [9.17, 15) is 15.5 Å². The molecule has 4 aliphatic carbocycles. The summed E-state index contributed by atoms with van der Waals surface area (Å²) in [4.78, 5) is 0. The molecule has 4 fully saturated rings. The maximum Gasteiger partial charge on any atom is 0.156 e. The van der Waals surface area contributed by atoms with Gasteiger partial charge < -0.3 is 10.2 Å². The van der Waals surface area contributed by atoms with Crippen molar-refractivity contribution in [3.8, 4) is 6.07 Å². The summed E-state index contributed by atoms with van der Waals surface area (Å²) in [6.45, 7) is 4.37. The van der Waals surface area contributed by atoms with E-state index in [1.165, 1.54) is 25.7 Å². The number of rotatable bonds is 2. The van der Waals surface area contributed by atoms with Gasteiger partial charge in [-0.2, -0.15) is 5.26 Å². The minimum atomic E-state index is -1.10. The van der Waals surface area contributed by atoms with Gasteiger partial charge in [-0.05, 0) is 93.8 Å². The summed E-state index contributed by atoms with van der Waals surface area (Å²) in [5.41, 5.74) is -1.71. The molecular weight excluding hydrogens is 310 g/mol. The maximum absolute atomic E-state index is 10.9. The molecule has 2 N–H and O–H groups in total. The van der Waals surface area contributed by atoms with Crippen molar-refractivity contribution in [3.63, 3.8) is 0 Å². The molecule has 0 aliphatic heterocycles. The van der Waals surface area contributed by atoms with Crippen LogP contribution in [0.3, 0.4) is 0 Å². The smallest absolute Gasteiger partial charge is 0.156 e. The van der Waals surface area contributed by atoms with Gasteiger partial charge in [0, 0.05) is 5.41 Å². The normalized spacial score (nSPS) is 54.9. The molecule has 4 rings (SSSR count). The molecule has 8 atom stereocenters. The van der Waals surface area contributed by atoms with Gasteiger partial charge in [-0.15, -0.1) is 0 Å². The summed E-state index contributed by atoms with van der Waals surface area (Å²) in [6.07, 6.45) is 11.6. The monoisotopic (exact) mass is 345 g/mol. The van der Waals surface area contributed by atoms with Crippen molar-refractivity contribution >= 4 is 0 Å². The molecule has 0 aromatic rings. The molecule has 0 aromatic carbocycles. The lowest BCUT2D eigenvalue weighted by molar-refractivity contribution is -0.127. The average Bonchev–Trinajstić information content (AvgIpc) is 2.86. The van der Waals surface area contributed by atoms with Gasteiger partial charge in [0.25, 0.3) is 0 Å². The Hall–Kier alpha value is -0.590. The summed E-state index contributed by atoms with van der Waals surface area (Å²) < 4.78 is 0. The van der Waals surface area contributed by atoms with E-state index in [4.69, 9.17) is 0 Å². The van der Waals surface area contributed by atoms with Crippen LogP contribution in [-0.4, -0.2) is 21.4 Å². The lowest BCUT2D eigenvalue weighted by atomic mass is 9.48. The highest BCUT2D eigenvalue weighted by Crippen LogP contribution is 2.65. The molecular formula is C22H35NO2. The Balaban J connectivity index is 1.53. The summed E-state index contributed by atoms with van der Waals surface area (Å²) in [5, 5.41) is 31.4. The van der Waals surface area contributed by atoms with Gasteiger partial charge in [-0.25, -0.2) is 0 Å². The van der Waals surface area contributed by atoms with Crippen molar-refractivity contribution in [3.05, 3.63) is 0 Å². The quantitative estimate of drug-likeness (QED) is 0.728. The highest BCUT2D eigenvalue weighted by molar-refractivity contribution is 5.20. The van der Waals surface area contributed by atoms with Gasteiger partial charge in [0.2, 0.25) is 0 Å². The molecule has 7 unspecified atom stereocenters. The molecule has 0 heterocycles. The third kappa shape index (κ3) is 2.51. The topological polar surface area (TPSA) is 64.2 Å². The number of hydrogen-bond acceptors (Lipinski definition) is 3. The highest BCUT2D eigenvalue weighted by atomic mass is 16.3. The molecule has 0 spiro atoms. The van der Waals surface area contributed by atoms with E-state index in [2.05, 4.69) is 19.9 Å². The van der Waals surface area contributed by atoms with Gasteiger partial charge in [-0.1, -0.05) is 20.3 Å². The van der Waals surface area contributed by atoms with Crippen molar-refractivity contribution in [2.24, 2.45) is 35.0 Å². The fraction of sp³-hybridized carbons (Fsp3) is 0.955. The second-order valence-electron chi connectivity index (χ2n) is 10.1. The summed E-state index contributed by atoms with van der Waals surface area (Å²) in [5.74, 6) is 3.46. The van der Waals surface area contributed by atoms with E-state index in [1.807, 2.05) is 0 Å². The van der Waals surface area contributed by atoms with Crippen molar-refractivity contribution in [1.29, 1.82) is 5.26 Å². The zero-order chi connectivity index (χ0) is 17.9. The van der Waals surface area contributed by atoms with Crippen molar-refractivity contribution in [2.45, 2.75) is 95.7 Å². The summed E-state index contributed by atoms with van der Waals surface area (Å²) in [7, 11) is 0. The molecule has 0 amide bonds. The molecule has 0 saturated heterocycles. The van der Waals surface area contributed by atoms with Crippen molar-refractivity contribution < 1.29 is 10.2 Å². The Bertz CT molecular complexity index is 571. The second-order valence-corrected chi connectivity index (χ2v) is 10.1. The number of hydrogen-bond donors (Lipinski definition) is 2. The predicted molar refractivity (Wildman–Crippen MR) is 97.5 cm³/mol. The van der Waals surface area contributed by atoms with Crippen LogP contribution in [0.2, 0.25) is 0 Å². The SMILES string of the molecule is CCC[C@@]1(O)CCC2C(CCC3C2CCC2(C)C3CCC2(O)C#N)C1. The van der Waals surface area contributed by atoms with Crippen LogP contribution >= 0.6 is 0 Å². The standard InChI is InChI=1S/C22H35NO2/c1-3-9-21(24)11-7-16-15(13-21)4-5-18-17(16)6-10-20(2)19(18)8-12-22(20,25)14-23/h15-19,24-25H,3-13H2,1-2H3/t15?,16?,17?,18?,19?,20?,21-,22?/m1/s1. The van der Waals surface area contributed by atoms with E-state index < -0.39 is 11.2 Å². The van der Waals surface area contributed by atoms with Crippen LogP contribution in [0.4, 0.5) is 0 Å². The first-order valence-electron chi connectivity index (χ1n) is 10.7. The maximum atomic E-state index is 10.9. The van der Waals surface area contributed by atoms with Crippen molar-refractivity contribution in [1.82, 2.24) is 0 Å². The van der Waals surface area contributed by atoms with Crippen molar-refractivity contribution in [2.75, 3.05) is 0 Å². The number of nitrogens with zero attached hydrogens (tertiary/aromatic N) is 1. The van der Waals surface area contributed by atoms with Crippen LogP contribution in [0.5, 0.6) is 0 Å². The van der Waals surface area contributed by atoms with E-state index in [-0.39, 0.29) is 5.41 Å². The van der Waals surface area contributed by atoms with Crippen LogP contribution in [0, 0.1) is 46.3 Å². The Morgan fingerprint density at radius 1 is 0.960 bits per heavy atom. The van der Waals surface area contributed by atoms with Crippen LogP contribution in [0.1, 0.15) is 84.5 Å². The Labute approximate surface area is 152 Å². The van der Waals surface area contributed by atoms with Gasteiger partial charge in [0.1, 0.15) is 0 Å². The fourth-order valence-electron chi connectivity index (χ4n) is 7.85. The number of aliphatic hydroxyl groups is 2. The van der Waals surface area contributed by atoms with Gasteiger partial charge in [0.05, 0.1) is 11.7 Å². The number of nitriles is 1. The Morgan fingerprint density at radius 2 is 1.72 bits per heavy atom. The molecule has 3 nitrogen and oxygen atoms in total. The first-order chi connectivity index (χ1) is 11.9. The Kier molecular flexibility index (Phi) is 4.25. The van der Waals surface area contributed by atoms with Crippen LogP contribution in [-0.2, 0) is 0 Å². The minimum Gasteiger partial charge on any atom is -0.390 e. The molecule has 25 heavy (non-hydrogen) atoms. The van der Waals surface area contributed by atoms with E-state index >= 15 is 0 Å². The molecule has 0 aromatic heterocycles. The highest BCUT2D eigenvalue weighted by Gasteiger charge is 2.63. The van der Waals surface area contributed by atoms with Gasteiger partial charge in [0.15, 0.2) is 5.60 Å². The third-order valence-electron chi connectivity index (χ3n) is 9.16. The average molecular weight is 346 g/mol. The molecule has 0 radical (unpaired) electrons. The molecule has 140 valence electrons. The molecule has 4 aliphatic rings. The first-order valence-corrected chi connectivity index (χ1v) is 10.7. The third-order valence-corrected chi connectivity index (χ3v) is 9.16. The van der Waals surface area contributed by atoms with Crippen LogP contribution in [0.25, 0.3) is 0 Å². The van der Waals surface area contributed by atoms with Crippen LogP contribution in [0.15, 0.2) is 0 Å². The number of fused-ring (bicyclic) bond motifs is 5. The molecule has 3 heteroatoms. The summed E-state index contributed by atoms with van der Waals surface area (Å²) in [6, 6.07) is 2.28. The zero-order valence-electron chi connectivity index (χ0n) is 16.0. The first kappa shape index (κ1) is 17.8. The van der Waals surface area contributed by atoms with E-state index in [0.29, 0.717) is 24.2 Å². The zero-order valence-corrected chi connectivity index (χ0v) is 16.0. The lowest BCUT2D eigenvalue weighted by Gasteiger charge is -2.57.